The van der Waals surface area contributed by atoms with Crippen molar-refractivity contribution in [1.82, 2.24) is 4.90 Å². The van der Waals surface area contributed by atoms with Crippen molar-refractivity contribution >= 4 is 17.7 Å². The van der Waals surface area contributed by atoms with Crippen LogP contribution in [0, 0.1) is 0 Å². The highest BCUT2D eigenvalue weighted by molar-refractivity contribution is 6.08. The predicted octanol–water partition coefficient (Wildman–Crippen LogP) is 6.63. The van der Waals surface area contributed by atoms with Gasteiger partial charge in [-0.05, 0) is 75.3 Å². The van der Waals surface area contributed by atoms with E-state index >= 15 is 0 Å². The van der Waals surface area contributed by atoms with E-state index in [1.165, 1.54) is 12.0 Å². The molecule has 0 atom stereocenters. The molecular formula is C32H42N2O4. The van der Waals surface area contributed by atoms with Gasteiger partial charge in [0.25, 0.3) is 5.91 Å². The molecule has 0 aromatic heterocycles. The third kappa shape index (κ3) is 6.46. The molecule has 1 aliphatic heterocycles. The Morgan fingerprint density at radius 3 is 2.16 bits per heavy atom. The van der Waals surface area contributed by atoms with Gasteiger partial charge in [0.15, 0.2) is 5.60 Å². The van der Waals surface area contributed by atoms with Crippen LogP contribution in [0.2, 0.25) is 0 Å². The Bertz CT molecular complexity index is 1130. The number of esters is 1. The molecule has 1 amide bonds. The summed E-state index contributed by atoms with van der Waals surface area (Å²) in [6, 6.07) is 16.4. The zero-order valence-corrected chi connectivity index (χ0v) is 23.4. The molecule has 1 fully saturated rings. The maximum atomic E-state index is 13.5. The van der Waals surface area contributed by atoms with E-state index in [2.05, 4.69) is 31.2 Å². The van der Waals surface area contributed by atoms with E-state index in [0.29, 0.717) is 18.9 Å². The monoisotopic (exact) mass is 518 g/mol. The number of benzene rings is 2. The molecular weight excluding hydrogens is 476 g/mol. The van der Waals surface area contributed by atoms with Crippen LogP contribution >= 0.6 is 0 Å². The lowest BCUT2D eigenvalue weighted by molar-refractivity contribution is -0.158. The Morgan fingerprint density at radius 1 is 0.947 bits per heavy atom. The molecule has 2 aromatic rings. The lowest BCUT2D eigenvalue weighted by Gasteiger charge is -2.29. The van der Waals surface area contributed by atoms with Crippen molar-refractivity contribution in [3.8, 4) is 5.75 Å². The summed E-state index contributed by atoms with van der Waals surface area (Å²) in [4.78, 5) is 32.6. The zero-order valence-electron chi connectivity index (χ0n) is 23.4. The first-order valence-electron chi connectivity index (χ1n) is 14.2. The Labute approximate surface area is 227 Å². The molecule has 6 nitrogen and oxygen atoms in total. The van der Waals surface area contributed by atoms with Crippen LogP contribution in [-0.4, -0.2) is 40.4 Å². The molecule has 204 valence electrons. The van der Waals surface area contributed by atoms with E-state index in [-0.39, 0.29) is 11.9 Å². The molecule has 1 spiro atoms. The van der Waals surface area contributed by atoms with Gasteiger partial charge in [-0.15, -0.1) is 0 Å². The molecule has 0 unspecified atom stereocenters. The fraction of sp³-hybridized carbons (Fsp3) is 0.531. The maximum absolute atomic E-state index is 13.5. The molecule has 0 bridgehead atoms. The summed E-state index contributed by atoms with van der Waals surface area (Å²) in [5.41, 5.74) is 1.95. The first kappa shape index (κ1) is 27.9. The molecule has 0 N–H and O–H groups in total. The number of aliphatic imine (C=N–C) groups is 1. The smallest absolute Gasteiger partial charge is 0.349 e. The highest BCUT2D eigenvalue weighted by Crippen LogP contribution is 2.38. The quantitative estimate of drug-likeness (QED) is 0.313. The van der Waals surface area contributed by atoms with E-state index in [0.717, 1.165) is 68.3 Å². The Hall–Kier alpha value is -3.15. The molecule has 2 aliphatic rings. The van der Waals surface area contributed by atoms with Crippen LogP contribution in [0.25, 0.3) is 0 Å². The highest BCUT2D eigenvalue weighted by Gasteiger charge is 2.48. The van der Waals surface area contributed by atoms with Gasteiger partial charge < -0.3 is 9.47 Å². The predicted molar refractivity (Wildman–Crippen MR) is 150 cm³/mol. The first-order chi connectivity index (χ1) is 18.3. The van der Waals surface area contributed by atoms with Gasteiger partial charge in [-0.25, -0.2) is 4.79 Å². The van der Waals surface area contributed by atoms with Crippen LogP contribution in [0.15, 0.2) is 53.5 Å². The van der Waals surface area contributed by atoms with Crippen molar-refractivity contribution in [3.05, 3.63) is 65.2 Å². The number of carbonyl (C=O) groups is 2. The SMILES string of the molecule is CCCCC1=NC2(CCCCC2)C(=O)N1Cc1ccc(Cc2ccc(OC(C)(C)C(=O)OCC)cc2)cc1. The molecule has 6 heteroatoms. The third-order valence-electron chi connectivity index (χ3n) is 7.57. The fourth-order valence-electron chi connectivity index (χ4n) is 5.37. The van der Waals surface area contributed by atoms with Gasteiger partial charge in [-0.3, -0.25) is 14.7 Å². The van der Waals surface area contributed by atoms with E-state index in [1.807, 2.05) is 29.2 Å². The van der Waals surface area contributed by atoms with Crippen molar-refractivity contribution < 1.29 is 19.1 Å². The number of hydrogen-bond donors (Lipinski definition) is 0. The number of rotatable bonds is 11. The van der Waals surface area contributed by atoms with Crippen molar-refractivity contribution in [1.29, 1.82) is 0 Å². The maximum Gasteiger partial charge on any atom is 0.349 e. The van der Waals surface area contributed by atoms with Crippen LogP contribution in [0.1, 0.15) is 95.8 Å². The Morgan fingerprint density at radius 2 is 1.55 bits per heavy atom. The number of ether oxygens (including phenoxy) is 2. The molecule has 0 saturated heterocycles. The molecule has 38 heavy (non-hydrogen) atoms. The lowest BCUT2D eigenvalue weighted by Crippen LogP contribution is -2.43. The molecule has 1 heterocycles. The van der Waals surface area contributed by atoms with Crippen molar-refractivity contribution in [2.75, 3.05) is 6.61 Å². The first-order valence-corrected chi connectivity index (χ1v) is 14.2. The van der Waals surface area contributed by atoms with E-state index in [4.69, 9.17) is 14.5 Å². The lowest BCUT2D eigenvalue weighted by atomic mass is 9.82. The van der Waals surface area contributed by atoms with E-state index < -0.39 is 11.1 Å². The number of amides is 1. The van der Waals surface area contributed by atoms with Crippen molar-refractivity contribution in [3.63, 3.8) is 0 Å². The van der Waals surface area contributed by atoms with Crippen LogP contribution in [0.5, 0.6) is 5.75 Å². The second kappa shape index (κ2) is 12.1. The average Bonchev–Trinajstić information content (AvgIpc) is 3.15. The summed E-state index contributed by atoms with van der Waals surface area (Å²) >= 11 is 0. The minimum atomic E-state index is -1.04. The normalized spacial score (nSPS) is 17.0. The summed E-state index contributed by atoms with van der Waals surface area (Å²) in [7, 11) is 0. The highest BCUT2D eigenvalue weighted by atomic mass is 16.6. The number of unbranched alkanes of at least 4 members (excludes halogenated alkanes) is 1. The molecule has 0 radical (unpaired) electrons. The van der Waals surface area contributed by atoms with Crippen molar-refractivity contribution in [2.24, 2.45) is 4.99 Å². The minimum absolute atomic E-state index is 0.209. The van der Waals surface area contributed by atoms with Gasteiger partial charge in [0, 0.05) is 6.42 Å². The fourth-order valence-corrected chi connectivity index (χ4v) is 5.37. The summed E-state index contributed by atoms with van der Waals surface area (Å²) in [6.45, 7) is 8.31. The van der Waals surface area contributed by atoms with Crippen LogP contribution < -0.4 is 4.74 Å². The van der Waals surface area contributed by atoms with Gasteiger partial charge >= 0.3 is 5.97 Å². The zero-order chi connectivity index (χ0) is 27.2. The van der Waals surface area contributed by atoms with Crippen LogP contribution in [-0.2, 0) is 27.3 Å². The largest absolute Gasteiger partial charge is 0.476 e. The van der Waals surface area contributed by atoms with Crippen molar-refractivity contribution in [2.45, 2.75) is 103 Å². The van der Waals surface area contributed by atoms with Gasteiger partial charge in [0.2, 0.25) is 0 Å². The molecule has 4 rings (SSSR count). The van der Waals surface area contributed by atoms with Crippen LogP contribution in [0.4, 0.5) is 0 Å². The molecule has 1 aliphatic carbocycles. The molecule has 2 aromatic carbocycles. The van der Waals surface area contributed by atoms with Gasteiger partial charge in [0.05, 0.1) is 13.2 Å². The standard InChI is InChI=1S/C32H42N2O4/c1-5-7-11-28-33-32(20-9-8-10-21-32)29(35)34(28)23-26-14-12-24(13-15-26)22-25-16-18-27(19-17-25)38-31(3,4)30(36)37-6-2/h12-19H,5-11,20-23H2,1-4H3. The third-order valence-corrected chi connectivity index (χ3v) is 7.57. The number of carbonyl (C=O) groups excluding carboxylic acids is 2. The van der Waals surface area contributed by atoms with Gasteiger partial charge in [-0.2, -0.15) is 0 Å². The number of nitrogens with zero attached hydrogens (tertiary/aromatic N) is 2. The molecule has 1 saturated carbocycles. The van der Waals surface area contributed by atoms with Gasteiger partial charge in [-0.1, -0.05) is 69.0 Å². The second-order valence-corrected chi connectivity index (χ2v) is 11.1. The summed E-state index contributed by atoms with van der Waals surface area (Å²) in [5, 5.41) is 0. The summed E-state index contributed by atoms with van der Waals surface area (Å²) < 4.78 is 11.0. The number of amidine groups is 1. The Kier molecular flexibility index (Phi) is 8.91. The van der Waals surface area contributed by atoms with Crippen LogP contribution in [0.3, 0.4) is 0 Å². The minimum Gasteiger partial charge on any atom is -0.476 e. The summed E-state index contributed by atoms with van der Waals surface area (Å²) in [5.74, 6) is 1.45. The Balaban J connectivity index is 1.38. The number of hydrogen-bond acceptors (Lipinski definition) is 5. The summed E-state index contributed by atoms with van der Waals surface area (Å²) in [6.07, 6.45) is 8.99. The topological polar surface area (TPSA) is 68.2 Å². The van der Waals surface area contributed by atoms with Gasteiger partial charge in [0.1, 0.15) is 17.1 Å². The average molecular weight is 519 g/mol. The second-order valence-electron chi connectivity index (χ2n) is 11.1. The van der Waals surface area contributed by atoms with E-state index in [1.54, 1.807) is 20.8 Å². The van der Waals surface area contributed by atoms with E-state index in [9.17, 15) is 9.59 Å².